The Morgan fingerprint density at radius 2 is 1.23 bits per heavy atom. The minimum absolute atomic E-state index is 0.996. The average Bonchev–Trinajstić information content (AvgIpc) is 3.14. The summed E-state index contributed by atoms with van der Waals surface area (Å²) in [5.74, 6) is 1.53. The molecule has 1 aromatic carbocycles. The van der Waals surface area contributed by atoms with Crippen molar-refractivity contribution < 1.29 is 4.57 Å². The van der Waals surface area contributed by atoms with Gasteiger partial charge in [0.25, 0.3) is 5.82 Å². The van der Waals surface area contributed by atoms with Crippen LogP contribution in [0, 0.1) is 0 Å². The monoisotopic (exact) mass is 411 g/mol. The van der Waals surface area contributed by atoms with Crippen LogP contribution in [0.15, 0.2) is 42.7 Å². The molecular weight excluding hydrogens is 364 g/mol. The van der Waals surface area contributed by atoms with Crippen molar-refractivity contribution >= 4 is 0 Å². The molecule has 2 nitrogen and oxygen atoms in total. The van der Waals surface area contributed by atoms with Crippen LogP contribution in [0.2, 0.25) is 0 Å². The van der Waals surface area contributed by atoms with E-state index in [1.165, 1.54) is 114 Å². The second kappa shape index (κ2) is 16.2. The third-order valence-corrected chi connectivity index (χ3v) is 6.29. The van der Waals surface area contributed by atoms with Gasteiger partial charge in [0.15, 0.2) is 0 Å². The van der Waals surface area contributed by atoms with Gasteiger partial charge in [0.2, 0.25) is 0 Å². The molecule has 0 atom stereocenters. The number of hydrogen-bond acceptors (Lipinski definition) is 0. The molecule has 0 radical (unpaired) electrons. The van der Waals surface area contributed by atoms with Gasteiger partial charge in [-0.3, -0.25) is 0 Å². The first-order chi connectivity index (χ1) is 14.8. The predicted molar refractivity (Wildman–Crippen MR) is 130 cm³/mol. The highest BCUT2D eigenvalue weighted by Gasteiger charge is 2.17. The minimum Gasteiger partial charge on any atom is -0.234 e. The molecule has 168 valence electrons. The Kier molecular flexibility index (Phi) is 13.3. The topological polar surface area (TPSA) is 8.81 Å². The van der Waals surface area contributed by atoms with Gasteiger partial charge in [-0.25, -0.2) is 9.13 Å². The van der Waals surface area contributed by atoms with E-state index in [0.29, 0.717) is 0 Å². The van der Waals surface area contributed by atoms with Crippen LogP contribution in [0.3, 0.4) is 0 Å². The van der Waals surface area contributed by atoms with Crippen molar-refractivity contribution in [3.8, 4) is 0 Å². The van der Waals surface area contributed by atoms with Crippen LogP contribution < -0.4 is 4.57 Å². The number of benzene rings is 1. The fourth-order valence-corrected chi connectivity index (χ4v) is 4.39. The van der Waals surface area contributed by atoms with E-state index in [4.69, 9.17) is 0 Å². The molecule has 0 unspecified atom stereocenters. The molecular formula is C28H47N2+. The normalized spacial score (nSPS) is 11.3. The van der Waals surface area contributed by atoms with Gasteiger partial charge in [-0.1, -0.05) is 115 Å². The highest BCUT2D eigenvalue weighted by Crippen LogP contribution is 2.12. The maximum atomic E-state index is 2.55. The second-order valence-electron chi connectivity index (χ2n) is 9.01. The summed E-state index contributed by atoms with van der Waals surface area (Å²) in [5.41, 5.74) is 1.40. The zero-order chi connectivity index (χ0) is 21.3. The lowest BCUT2D eigenvalue weighted by molar-refractivity contribution is -0.704. The van der Waals surface area contributed by atoms with Gasteiger partial charge < -0.3 is 0 Å². The van der Waals surface area contributed by atoms with Crippen LogP contribution in [-0.4, -0.2) is 4.57 Å². The van der Waals surface area contributed by atoms with Crippen molar-refractivity contribution in [3.63, 3.8) is 0 Å². The molecule has 0 fully saturated rings. The molecule has 1 heterocycles. The van der Waals surface area contributed by atoms with E-state index in [1.807, 2.05) is 0 Å². The Morgan fingerprint density at radius 1 is 0.667 bits per heavy atom. The van der Waals surface area contributed by atoms with Crippen LogP contribution in [0.1, 0.15) is 115 Å². The van der Waals surface area contributed by atoms with Crippen LogP contribution in [0.4, 0.5) is 0 Å². The second-order valence-corrected chi connectivity index (χ2v) is 9.01. The fourth-order valence-electron chi connectivity index (χ4n) is 4.39. The smallest absolute Gasteiger partial charge is 0.234 e. The standard InChI is InChI=1S/C28H47N2/c1-3-5-7-9-11-12-14-19-23-29-24-25-30(26-27-20-16-15-17-21-27)28(29)22-18-13-10-8-6-4-2/h15-17,20-21,24-25H,3-14,18-19,22-23,26H2,1-2H3/q+1. The van der Waals surface area contributed by atoms with Crippen molar-refractivity contribution in [3.05, 3.63) is 54.1 Å². The molecule has 0 saturated carbocycles. The summed E-state index contributed by atoms with van der Waals surface area (Å²) in [7, 11) is 0. The Balaban J connectivity index is 1.83. The number of nitrogens with zero attached hydrogens (tertiary/aromatic N) is 2. The molecule has 0 aliphatic heterocycles. The van der Waals surface area contributed by atoms with Gasteiger partial charge in [0.05, 0.1) is 6.54 Å². The van der Waals surface area contributed by atoms with Gasteiger partial charge in [-0.05, 0) is 24.8 Å². The molecule has 2 heteroatoms. The van der Waals surface area contributed by atoms with Crippen LogP contribution in [0.5, 0.6) is 0 Å². The summed E-state index contributed by atoms with van der Waals surface area (Å²) in [6.07, 6.45) is 25.2. The summed E-state index contributed by atoms with van der Waals surface area (Å²) < 4.78 is 5.04. The number of hydrogen-bond donors (Lipinski definition) is 0. The lowest BCUT2D eigenvalue weighted by atomic mass is 10.1. The molecule has 0 amide bonds. The fraction of sp³-hybridized carbons (Fsp3) is 0.679. The zero-order valence-corrected chi connectivity index (χ0v) is 20.0. The van der Waals surface area contributed by atoms with E-state index >= 15 is 0 Å². The Hall–Kier alpha value is -1.57. The summed E-state index contributed by atoms with van der Waals surface area (Å²) >= 11 is 0. The summed E-state index contributed by atoms with van der Waals surface area (Å²) in [6, 6.07) is 10.9. The molecule has 30 heavy (non-hydrogen) atoms. The SMILES string of the molecule is CCCCCCCCCC[n+]1ccn(Cc2ccccc2)c1CCCCCCCC. The minimum atomic E-state index is 0.996. The maximum Gasteiger partial charge on any atom is 0.256 e. The number of unbranched alkanes of at least 4 members (excludes halogenated alkanes) is 12. The maximum absolute atomic E-state index is 2.55. The van der Waals surface area contributed by atoms with Crippen molar-refractivity contribution in [2.24, 2.45) is 0 Å². The highest BCUT2D eigenvalue weighted by atomic mass is 15.1. The molecule has 0 spiro atoms. The third-order valence-electron chi connectivity index (χ3n) is 6.29. The lowest BCUT2D eigenvalue weighted by Gasteiger charge is -2.07. The molecule has 0 aliphatic carbocycles. The molecule has 2 aromatic rings. The lowest BCUT2D eigenvalue weighted by Crippen LogP contribution is -2.37. The Bertz CT molecular complexity index is 644. The van der Waals surface area contributed by atoms with E-state index in [0.717, 1.165) is 6.54 Å². The summed E-state index contributed by atoms with van der Waals surface area (Å²) in [6.45, 7) is 6.77. The van der Waals surface area contributed by atoms with Gasteiger partial charge in [-0.15, -0.1) is 0 Å². The first kappa shape index (κ1) is 24.7. The van der Waals surface area contributed by atoms with Gasteiger partial charge >= 0.3 is 0 Å². The summed E-state index contributed by atoms with van der Waals surface area (Å²) in [4.78, 5) is 0. The molecule has 1 aromatic heterocycles. The summed E-state index contributed by atoms with van der Waals surface area (Å²) in [5, 5.41) is 0. The van der Waals surface area contributed by atoms with Crippen molar-refractivity contribution in [2.75, 3.05) is 0 Å². The van der Waals surface area contributed by atoms with Crippen LogP contribution in [0.25, 0.3) is 0 Å². The van der Waals surface area contributed by atoms with Gasteiger partial charge in [0.1, 0.15) is 18.9 Å². The highest BCUT2D eigenvalue weighted by molar-refractivity contribution is 5.15. The van der Waals surface area contributed by atoms with Gasteiger partial charge in [-0.2, -0.15) is 0 Å². The molecule has 0 N–H and O–H groups in total. The number of aromatic nitrogens is 2. The molecule has 0 saturated heterocycles. The number of imidazole rings is 1. The largest absolute Gasteiger partial charge is 0.256 e. The third kappa shape index (κ3) is 9.96. The van der Waals surface area contributed by atoms with Crippen LogP contribution >= 0.6 is 0 Å². The van der Waals surface area contributed by atoms with E-state index in [2.05, 4.69) is 65.7 Å². The molecule has 2 rings (SSSR count). The first-order valence-corrected chi connectivity index (χ1v) is 13.0. The first-order valence-electron chi connectivity index (χ1n) is 13.0. The predicted octanol–water partition coefficient (Wildman–Crippen LogP) is 7.87. The quantitative estimate of drug-likeness (QED) is 0.174. The van der Waals surface area contributed by atoms with E-state index in [-0.39, 0.29) is 0 Å². The van der Waals surface area contributed by atoms with Crippen LogP contribution in [-0.2, 0) is 19.5 Å². The van der Waals surface area contributed by atoms with Crippen molar-refractivity contribution in [1.82, 2.24) is 4.57 Å². The van der Waals surface area contributed by atoms with Crippen molar-refractivity contribution in [1.29, 1.82) is 0 Å². The molecule has 0 bridgehead atoms. The number of aryl methyl sites for hydroxylation is 1. The van der Waals surface area contributed by atoms with E-state index < -0.39 is 0 Å². The molecule has 0 aliphatic rings. The number of rotatable bonds is 18. The zero-order valence-electron chi connectivity index (χ0n) is 20.0. The average molecular weight is 412 g/mol. The van der Waals surface area contributed by atoms with Crippen molar-refractivity contribution in [2.45, 2.75) is 123 Å². The Labute approximate surface area is 186 Å². The Morgan fingerprint density at radius 3 is 1.87 bits per heavy atom. The van der Waals surface area contributed by atoms with Gasteiger partial charge in [0, 0.05) is 6.42 Å². The van der Waals surface area contributed by atoms with E-state index in [9.17, 15) is 0 Å². The van der Waals surface area contributed by atoms with E-state index in [1.54, 1.807) is 0 Å².